The Morgan fingerprint density at radius 2 is 1.12 bits per heavy atom. The summed E-state index contributed by atoms with van der Waals surface area (Å²) >= 11 is 0. The molecule has 15 heteroatoms. The molecule has 1 aromatic carbocycles. The Morgan fingerprint density at radius 1 is 0.707 bits per heavy atom. The standard InChI is InChI=1S/C26H46O13Si2/c1-32-40(5,33-2)14-6-12-36-16-23(28)18-38-25(30)21-8-10-22(11-9-21)26(31)39-19-24(29)17-37-13-7-15-41(20-27,34-3)35-4/h8-11,23-24,27-29H,6-7,12-20H2,1-5H3. The predicted molar refractivity (Wildman–Crippen MR) is 152 cm³/mol. The van der Waals surface area contributed by atoms with Crippen molar-refractivity contribution in [2.75, 3.05) is 74.3 Å². The Kier molecular flexibility index (Phi) is 18.4. The Hall–Kier alpha value is -1.77. The third-order valence-corrected chi connectivity index (χ3v) is 12.5. The SMILES string of the molecule is CO[Si](C)(CCCOCC(O)COC(=O)c1ccc(C(=O)OCC(O)COCCC[Si](CO)(OC)OC)cc1)OC. The highest BCUT2D eigenvalue weighted by Crippen LogP contribution is 2.15. The number of carbonyl (C=O) groups is 2. The molecule has 3 N–H and O–H groups in total. The summed E-state index contributed by atoms with van der Waals surface area (Å²) < 4.78 is 42.5. The Morgan fingerprint density at radius 3 is 1.49 bits per heavy atom. The normalized spacial score (nSPS) is 13.6. The van der Waals surface area contributed by atoms with E-state index in [9.17, 15) is 24.9 Å². The topological polar surface area (TPSA) is 169 Å². The van der Waals surface area contributed by atoms with Crippen molar-refractivity contribution in [3.8, 4) is 0 Å². The van der Waals surface area contributed by atoms with Crippen LogP contribution in [0.2, 0.25) is 18.6 Å². The average molecular weight is 623 g/mol. The van der Waals surface area contributed by atoms with Crippen molar-refractivity contribution in [1.29, 1.82) is 0 Å². The van der Waals surface area contributed by atoms with Gasteiger partial charge in [0, 0.05) is 41.7 Å². The zero-order chi connectivity index (χ0) is 30.7. The molecule has 0 aromatic heterocycles. The lowest BCUT2D eigenvalue weighted by Gasteiger charge is -2.24. The fraction of sp³-hybridized carbons (Fsp3) is 0.692. The van der Waals surface area contributed by atoms with Crippen LogP contribution in [0.4, 0.5) is 0 Å². The minimum Gasteiger partial charge on any atom is -0.459 e. The second-order valence-electron chi connectivity index (χ2n) is 9.46. The lowest BCUT2D eigenvalue weighted by Crippen LogP contribution is -2.44. The summed E-state index contributed by atoms with van der Waals surface area (Å²) in [5.41, 5.74) is 0.385. The second kappa shape index (κ2) is 20.2. The maximum atomic E-state index is 12.3. The van der Waals surface area contributed by atoms with Gasteiger partial charge >= 0.3 is 29.1 Å². The highest BCUT2D eigenvalue weighted by atomic mass is 28.4. The molecule has 0 aliphatic rings. The van der Waals surface area contributed by atoms with Gasteiger partial charge in [-0.05, 0) is 55.7 Å². The van der Waals surface area contributed by atoms with Crippen LogP contribution in [-0.2, 0) is 36.7 Å². The van der Waals surface area contributed by atoms with Gasteiger partial charge in [-0.25, -0.2) is 9.59 Å². The van der Waals surface area contributed by atoms with Gasteiger partial charge in [-0.1, -0.05) is 0 Å². The molecule has 0 radical (unpaired) electrons. The molecule has 0 saturated carbocycles. The number of benzene rings is 1. The van der Waals surface area contributed by atoms with Crippen LogP contribution < -0.4 is 0 Å². The summed E-state index contributed by atoms with van der Waals surface area (Å²) in [7, 11) is 1.50. The summed E-state index contributed by atoms with van der Waals surface area (Å²) in [6.45, 7) is 2.16. The van der Waals surface area contributed by atoms with E-state index in [4.69, 9.17) is 36.7 Å². The van der Waals surface area contributed by atoms with Crippen molar-refractivity contribution in [3.63, 3.8) is 0 Å². The summed E-state index contributed by atoms with van der Waals surface area (Å²) in [4.78, 5) is 24.5. The van der Waals surface area contributed by atoms with Gasteiger partial charge in [0.2, 0.25) is 0 Å². The van der Waals surface area contributed by atoms with E-state index in [0.29, 0.717) is 25.7 Å². The van der Waals surface area contributed by atoms with E-state index in [2.05, 4.69) is 0 Å². The molecular weight excluding hydrogens is 576 g/mol. The monoisotopic (exact) mass is 622 g/mol. The van der Waals surface area contributed by atoms with E-state index in [0.717, 1.165) is 12.5 Å². The van der Waals surface area contributed by atoms with Gasteiger partial charge in [0.1, 0.15) is 25.4 Å². The molecule has 0 spiro atoms. The summed E-state index contributed by atoms with van der Waals surface area (Å²) in [5, 5.41) is 29.5. The number of aliphatic hydroxyl groups excluding tert-OH is 3. The third kappa shape index (κ3) is 14.3. The summed E-state index contributed by atoms with van der Waals surface area (Å²) in [6.07, 6.45) is -0.869. The zero-order valence-corrected chi connectivity index (χ0v) is 26.7. The number of ether oxygens (including phenoxy) is 4. The molecule has 0 aliphatic carbocycles. The van der Waals surface area contributed by atoms with Gasteiger partial charge in [0.05, 0.1) is 30.6 Å². The first kappa shape index (κ1) is 37.3. The number of hydrogen-bond donors (Lipinski definition) is 3. The van der Waals surface area contributed by atoms with Gasteiger partial charge in [0.25, 0.3) is 0 Å². The van der Waals surface area contributed by atoms with E-state index < -0.39 is 41.3 Å². The van der Waals surface area contributed by atoms with E-state index >= 15 is 0 Å². The van der Waals surface area contributed by atoms with Crippen LogP contribution in [0.25, 0.3) is 0 Å². The van der Waals surface area contributed by atoms with Crippen LogP contribution in [0.15, 0.2) is 24.3 Å². The highest BCUT2D eigenvalue weighted by molar-refractivity contribution is 6.67. The van der Waals surface area contributed by atoms with Crippen LogP contribution in [0, 0.1) is 0 Å². The fourth-order valence-corrected chi connectivity index (χ4v) is 6.55. The zero-order valence-electron chi connectivity index (χ0n) is 24.7. The molecular formula is C26H46O13Si2. The largest absolute Gasteiger partial charge is 0.459 e. The average Bonchev–Trinajstić information content (AvgIpc) is 3.00. The van der Waals surface area contributed by atoms with Crippen LogP contribution in [0.1, 0.15) is 33.6 Å². The first-order valence-corrected chi connectivity index (χ1v) is 18.1. The van der Waals surface area contributed by atoms with Crippen molar-refractivity contribution in [3.05, 3.63) is 35.4 Å². The first-order valence-electron chi connectivity index (χ1n) is 13.3. The molecule has 0 heterocycles. The molecule has 13 nitrogen and oxygen atoms in total. The number of aliphatic hydroxyl groups is 3. The van der Waals surface area contributed by atoms with Crippen LogP contribution in [-0.4, -0.2) is 131 Å². The molecule has 1 rings (SSSR count). The smallest absolute Gasteiger partial charge is 0.364 e. The summed E-state index contributed by atoms with van der Waals surface area (Å²) in [6, 6.07) is 6.91. The Bertz CT molecular complexity index is 855. The van der Waals surface area contributed by atoms with Gasteiger partial charge in [-0.3, -0.25) is 0 Å². The van der Waals surface area contributed by atoms with Gasteiger partial charge in [0.15, 0.2) is 0 Å². The number of esters is 2. The molecule has 236 valence electrons. The predicted octanol–water partition coefficient (Wildman–Crippen LogP) is 1.17. The fourth-order valence-electron chi connectivity index (χ4n) is 3.51. The van der Waals surface area contributed by atoms with E-state index in [-0.39, 0.29) is 43.8 Å². The van der Waals surface area contributed by atoms with Gasteiger partial charge in [-0.2, -0.15) is 0 Å². The molecule has 0 amide bonds. The minimum absolute atomic E-state index is 0.0147. The van der Waals surface area contributed by atoms with Crippen molar-refractivity contribution in [2.45, 2.75) is 43.7 Å². The third-order valence-electron chi connectivity index (χ3n) is 6.40. The van der Waals surface area contributed by atoms with Crippen molar-refractivity contribution in [2.24, 2.45) is 0 Å². The van der Waals surface area contributed by atoms with Crippen molar-refractivity contribution < 1.29 is 61.6 Å². The van der Waals surface area contributed by atoms with Gasteiger partial charge in [-0.15, -0.1) is 0 Å². The van der Waals surface area contributed by atoms with E-state index in [1.54, 1.807) is 14.2 Å². The molecule has 0 bridgehead atoms. The van der Waals surface area contributed by atoms with Crippen molar-refractivity contribution >= 4 is 29.1 Å². The Balaban J connectivity index is 2.29. The Labute approximate surface area is 244 Å². The maximum absolute atomic E-state index is 12.3. The molecule has 41 heavy (non-hydrogen) atoms. The first-order chi connectivity index (χ1) is 19.6. The molecule has 2 atom stereocenters. The van der Waals surface area contributed by atoms with E-state index in [1.165, 1.54) is 38.5 Å². The van der Waals surface area contributed by atoms with Crippen LogP contribution >= 0.6 is 0 Å². The molecule has 0 fully saturated rings. The molecule has 0 aliphatic heterocycles. The lowest BCUT2D eigenvalue weighted by atomic mass is 10.1. The quantitative estimate of drug-likeness (QED) is 0.0904. The summed E-state index contributed by atoms with van der Waals surface area (Å²) in [5.74, 6) is -1.33. The van der Waals surface area contributed by atoms with E-state index in [1.807, 2.05) is 6.55 Å². The number of hydrogen-bond acceptors (Lipinski definition) is 13. The van der Waals surface area contributed by atoms with Crippen LogP contribution in [0.5, 0.6) is 0 Å². The van der Waals surface area contributed by atoms with Crippen molar-refractivity contribution in [1.82, 2.24) is 0 Å². The highest BCUT2D eigenvalue weighted by Gasteiger charge is 2.34. The molecule has 2 unspecified atom stereocenters. The maximum Gasteiger partial charge on any atom is 0.364 e. The second-order valence-corrected chi connectivity index (χ2v) is 16.5. The lowest BCUT2D eigenvalue weighted by molar-refractivity contribution is -0.0113. The van der Waals surface area contributed by atoms with Gasteiger partial charge < -0.3 is 52.0 Å². The minimum atomic E-state index is -2.61. The molecule has 0 saturated heterocycles. The van der Waals surface area contributed by atoms with Crippen LogP contribution in [0.3, 0.4) is 0 Å². The number of carbonyl (C=O) groups excluding carboxylic acids is 2. The molecule has 1 aromatic rings. The number of rotatable bonds is 23.